The predicted molar refractivity (Wildman–Crippen MR) is 377 cm³/mol. The van der Waals surface area contributed by atoms with Crippen molar-refractivity contribution in [2.75, 3.05) is 95.8 Å². The number of hydrogen-bond donors (Lipinski definition) is 11. The number of nitrogens with zero attached hydrogens (tertiary/aromatic N) is 6. The van der Waals surface area contributed by atoms with Gasteiger partial charge in [0.1, 0.15) is 36.3 Å². The van der Waals surface area contributed by atoms with Crippen molar-refractivity contribution in [1.82, 2.24) is 51.1 Å². The van der Waals surface area contributed by atoms with Crippen LogP contribution in [0.5, 0.6) is 0 Å². The van der Waals surface area contributed by atoms with Crippen LogP contribution >= 0.6 is 35.3 Å². The highest BCUT2D eigenvalue weighted by atomic mass is 32.2. The molecule has 3 unspecified atom stereocenters. The molecule has 100 heavy (non-hydrogen) atoms. The van der Waals surface area contributed by atoms with E-state index < -0.39 is 126 Å². The van der Waals surface area contributed by atoms with Gasteiger partial charge in [0.15, 0.2) is 0 Å². The number of likely N-dealkylation sites (tertiary alicyclic amines) is 2. The Labute approximate surface area is 595 Å². The summed E-state index contributed by atoms with van der Waals surface area (Å²) in [4.78, 5) is 180. The summed E-state index contributed by atoms with van der Waals surface area (Å²) in [5.74, 6) is -10.0. The predicted octanol–water partition coefficient (Wildman–Crippen LogP) is 2.18. The zero-order valence-corrected chi connectivity index (χ0v) is 59.5. The summed E-state index contributed by atoms with van der Waals surface area (Å²) in [6.07, 6.45) is 4.10. The number of benzene rings is 2. The fourth-order valence-corrected chi connectivity index (χ4v) is 14.5. The zero-order valence-electron chi connectivity index (χ0n) is 57.1. The SMILES string of the molecule is CCCCNC(=O)/N=C/C(CSCc1cc(CSCCNC(=O)CCC(C(=O)O)N2CCN(CC(=O)O)CCN(CC(=O)O)CC2)cc(CSCC(NC(=O)[C@H](Cc2ccccc2)NC(=O)[C@H](CCC(=O)O)NC(=O)[C@@H](C)CC)C(=O)O)c1)C(=O)N1CCC[C@H]1C(=O)N1CCC[C@H]1C(N)=O. The lowest BCUT2D eigenvalue weighted by Gasteiger charge is -2.31. The van der Waals surface area contributed by atoms with Crippen molar-refractivity contribution in [3.63, 3.8) is 0 Å². The van der Waals surface area contributed by atoms with Crippen LogP contribution in [0.3, 0.4) is 0 Å². The Morgan fingerprint density at radius 2 is 1.16 bits per heavy atom. The first-order valence-corrected chi connectivity index (χ1v) is 37.3. The van der Waals surface area contributed by atoms with E-state index in [1.165, 1.54) is 51.3 Å². The van der Waals surface area contributed by atoms with Crippen LogP contribution in [0.25, 0.3) is 0 Å². The van der Waals surface area contributed by atoms with Crippen LogP contribution in [0.2, 0.25) is 0 Å². The molecule has 8 atom stereocenters. The molecule has 3 heterocycles. The van der Waals surface area contributed by atoms with Gasteiger partial charge in [-0.05, 0) is 73.6 Å². The number of carbonyl (C=O) groups is 13. The fraction of sp³-hybridized carbons (Fsp3) is 0.612. The number of unbranched alkanes of at least 4 members (excludes halogenated alkanes) is 1. The summed E-state index contributed by atoms with van der Waals surface area (Å²) in [6.45, 7) is 7.21. The van der Waals surface area contributed by atoms with Gasteiger partial charge in [0.2, 0.25) is 41.4 Å². The van der Waals surface area contributed by atoms with Crippen molar-refractivity contribution in [2.45, 2.75) is 151 Å². The normalized spacial score (nSPS) is 18.0. The first kappa shape index (κ1) is 82.8. The number of thioether (sulfide) groups is 3. The third-order valence-electron chi connectivity index (χ3n) is 17.3. The number of aliphatic carboxylic acids is 5. The number of carboxylic acids is 5. The van der Waals surface area contributed by atoms with Gasteiger partial charge in [-0.3, -0.25) is 67.4 Å². The second kappa shape index (κ2) is 43.7. The van der Waals surface area contributed by atoms with Crippen LogP contribution in [0, 0.1) is 11.8 Å². The Morgan fingerprint density at radius 3 is 1.73 bits per heavy atom. The molecule has 33 heteroatoms. The smallest absolute Gasteiger partial charge is 0.340 e. The molecule has 552 valence electrons. The molecule has 3 aliphatic heterocycles. The summed E-state index contributed by atoms with van der Waals surface area (Å²) in [7, 11) is 0. The summed E-state index contributed by atoms with van der Waals surface area (Å²) >= 11 is 4.05. The average Bonchev–Trinajstić information content (AvgIpc) is 1.63. The maximum absolute atomic E-state index is 14.6. The lowest BCUT2D eigenvalue weighted by Crippen LogP contribution is -2.57. The minimum absolute atomic E-state index is 0.0743. The van der Waals surface area contributed by atoms with E-state index in [2.05, 4.69) is 31.6 Å². The summed E-state index contributed by atoms with van der Waals surface area (Å²) in [5, 5.41) is 62.7. The highest BCUT2D eigenvalue weighted by molar-refractivity contribution is 7.99. The first-order valence-electron chi connectivity index (χ1n) is 33.9. The molecule has 0 bridgehead atoms. The molecule has 3 fully saturated rings. The minimum atomic E-state index is -1.48. The van der Waals surface area contributed by atoms with Crippen LogP contribution < -0.4 is 32.3 Å². The molecule has 5 rings (SSSR count). The second-order valence-electron chi connectivity index (χ2n) is 25.1. The topological polar surface area (TPSA) is 438 Å². The van der Waals surface area contributed by atoms with Crippen LogP contribution in [-0.4, -0.2) is 266 Å². The Kier molecular flexibility index (Phi) is 36.2. The third-order valence-corrected chi connectivity index (χ3v) is 20.6. The molecule has 0 aliphatic carbocycles. The average molecular weight is 1460 g/mol. The first-order chi connectivity index (χ1) is 47.8. The molecule has 3 saturated heterocycles. The van der Waals surface area contributed by atoms with Crippen molar-refractivity contribution < 1.29 is 87.9 Å². The number of nitrogens with one attached hydrogen (secondary N) is 5. The van der Waals surface area contributed by atoms with Crippen molar-refractivity contribution in [3.8, 4) is 0 Å². The van der Waals surface area contributed by atoms with Gasteiger partial charge in [0.25, 0.3) is 0 Å². The highest BCUT2D eigenvalue weighted by Crippen LogP contribution is 2.29. The molecule has 9 amide bonds. The fourth-order valence-electron chi connectivity index (χ4n) is 11.7. The van der Waals surface area contributed by atoms with Crippen molar-refractivity contribution in [1.29, 1.82) is 0 Å². The highest BCUT2D eigenvalue weighted by Gasteiger charge is 2.43. The molecule has 0 spiro atoms. The zero-order chi connectivity index (χ0) is 73.3. The number of carboxylic acid groups (broad SMARTS) is 5. The van der Waals surface area contributed by atoms with Gasteiger partial charge in [0.05, 0.1) is 19.0 Å². The molecule has 30 nitrogen and oxygen atoms in total. The lowest BCUT2D eigenvalue weighted by molar-refractivity contribution is -0.146. The van der Waals surface area contributed by atoms with Gasteiger partial charge >= 0.3 is 35.9 Å². The quantitative estimate of drug-likeness (QED) is 0.0335. The number of primary amides is 1. The summed E-state index contributed by atoms with van der Waals surface area (Å²) in [5.41, 5.74) is 8.66. The monoisotopic (exact) mass is 1450 g/mol. The largest absolute Gasteiger partial charge is 0.481 e. The molecule has 12 N–H and O–H groups in total. The number of amides is 9. The van der Waals surface area contributed by atoms with Gasteiger partial charge in [-0.2, -0.15) is 35.3 Å². The maximum Gasteiger partial charge on any atom is 0.340 e. The molecule has 2 aromatic carbocycles. The maximum atomic E-state index is 14.6. The van der Waals surface area contributed by atoms with Gasteiger partial charge in [-0.25, -0.2) is 14.6 Å². The third kappa shape index (κ3) is 29.0. The summed E-state index contributed by atoms with van der Waals surface area (Å²) < 4.78 is 0. The van der Waals surface area contributed by atoms with E-state index in [1.807, 2.05) is 25.1 Å². The Bertz CT molecular complexity index is 3130. The number of rotatable bonds is 42. The van der Waals surface area contributed by atoms with E-state index in [0.717, 1.165) is 23.1 Å². The molecule has 0 saturated carbocycles. The van der Waals surface area contributed by atoms with Crippen LogP contribution in [0.1, 0.15) is 114 Å². The van der Waals surface area contributed by atoms with Gasteiger partial charge in [-0.15, -0.1) is 0 Å². The van der Waals surface area contributed by atoms with Gasteiger partial charge in [0, 0.05) is 131 Å². The Balaban J connectivity index is 1.33. The number of urea groups is 1. The van der Waals surface area contributed by atoms with Gasteiger partial charge < -0.3 is 67.7 Å². The van der Waals surface area contributed by atoms with E-state index in [1.54, 1.807) is 58.9 Å². The lowest BCUT2D eigenvalue weighted by atomic mass is 10.0. The Morgan fingerprint density at radius 1 is 0.600 bits per heavy atom. The molecule has 2 aromatic rings. The van der Waals surface area contributed by atoms with Crippen LogP contribution in [0.15, 0.2) is 53.5 Å². The molecular weight excluding hydrogens is 1360 g/mol. The number of aliphatic imine (C=N–C) groups is 1. The molecule has 0 radical (unpaired) electrons. The number of carbonyl (C=O) groups excluding carboxylic acids is 8. The Hall–Kier alpha value is -7.85. The van der Waals surface area contributed by atoms with Crippen molar-refractivity contribution >= 4 is 119 Å². The van der Waals surface area contributed by atoms with Crippen molar-refractivity contribution in [3.05, 3.63) is 70.8 Å². The summed E-state index contributed by atoms with van der Waals surface area (Å²) in [6, 6.07) is 6.87. The minimum Gasteiger partial charge on any atom is -0.481 e. The molecule has 3 aliphatic rings. The van der Waals surface area contributed by atoms with Gasteiger partial charge in [-0.1, -0.05) is 75.7 Å². The van der Waals surface area contributed by atoms with E-state index >= 15 is 0 Å². The standard InChI is InChI=1S/C67H98N12O18S3/c1-4-6-20-70-67(97)71-35-48(63(91)79-23-11-15-53(79)64(92)78-22-10-14-52(78)59(68)87)41-99-39-46-31-45(38-98-30-21-69-55(80)18-17-54(66(95)96)77-28-26-75(36-57(83)84)24-25-76(27-29-77)37-58(85)86)32-47(33-46)40-100-42-51(65(93)94)74-62(90)50(34-44-12-8-7-9-13-44)73-61(89)49(16-19-56(81)82)72-60(88)43(3)5-2/h7-9,12-13,31-33,35,43,48-54H,4-6,10-11,14-30,34,36-42H2,1-3H3,(H2,68,87)(H,69,80)(H,70,97)(H,72,88)(H,73,89)(H,74,90)(H,81,82)(H,83,84)(H,85,86)(H,93,94)(H,95,96)/b71-35+/t43-,48?,49-,50-,51?,52-,53-,54?/m0/s1. The second-order valence-corrected chi connectivity index (χ2v) is 28.2. The number of hydrogen-bond acceptors (Lipinski definition) is 19. The van der Waals surface area contributed by atoms with E-state index in [9.17, 15) is 87.9 Å². The van der Waals surface area contributed by atoms with Crippen LogP contribution in [0.4, 0.5) is 4.79 Å². The molecular formula is C67H98N12O18S3. The van der Waals surface area contributed by atoms with E-state index in [0.29, 0.717) is 74.4 Å². The van der Waals surface area contributed by atoms with Crippen molar-refractivity contribution in [2.24, 2.45) is 22.6 Å². The van der Waals surface area contributed by atoms with E-state index in [4.69, 9.17) is 5.73 Å². The number of nitrogens with two attached hydrogens (primary N) is 1. The molecule has 0 aromatic heterocycles. The van der Waals surface area contributed by atoms with Crippen LogP contribution in [-0.2, 0) is 81.2 Å². The van der Waals surface area contributed by atoms with E-state index in [-0.39, 0.29) is 114 Å².